The molecule has 0 unspecified atom stereocenters. The second kappa shape index (κ2) is 4.52. The Bertz CT molecular complexity index is 508. The first-order chi connectivity index (χ1) is 8.50. The average molecular weight is 255 g/mol. The fourth-order valence-corrected chi connectivity index (χ4v) is 1.48. The van der Waals surface area contributed by atoms with Gasteiger partial charge in [-0.2, -0.15) is 0 Å². The van der Waals surface area contributed by atoms with E-state index in [1.54, 1.807) is 0 Å². The summed E-state index contributed by atoms with van der Waals surface area (Å²) in [5.41, 5.74) is -0.940. The van der Waals surface area contributed by atoms with Gasteiger partial charge in [-0.3, -0.25) is 9.59 Å². The van der Waals surface area contributed by atoms with Crippen LogP contribution >= 0.6 is 0 Å². The molecule has 1 heterocycles. The molecule has 0 saturated carbocycles. The van der Waals surface area contributed by atoms with E-state index in [0.717, 1.165) is 18.2 Å². The molecule has 1 fully saturated rings. The highest BCUT2D eigenvalue weighted by molar-refractivity contribution is 6.02. The monoisotopic (exact) mass is 255 g/mol. The van der Waals surface area contributed by atoms with E-state index in [1.807, 2.05) is 0 Å². The average Bonchev–Trinajstić information content (AvgIpc) is 2.60. The molecule has 0 spiro atoms. The van der Waals surface area contributed by atoms with Crippen molar-refractivity contribution in [2.24, 2.45) is 0 Å². The van der Waals surface area contributed by atoms with Crippen LogP contribution in [0.2, 0.25) is 0 Å². The van der Waals surface area contributed by atoms with Crippen LogP contribution in [0.3, 0.4) is 0 Å². The van der Waals surface area contributed by atoms with Crippen molar-refractivity contribution in [3.05, 3.63) is 35.4 Å². The molecule has 0 radical (unpaired) electrons. The highest BCUT2D eigenvalue weighted by Gasteiger charge is 2.34. The molecule has 2 rings (SSSR count). The van der Waals surface area contributed by atoms with Crippen molar-refractivity contribution >= 4 is 17.8 Å². The molecular formula is C11H7F2NO4. The van der Waals surface area contributed by atoms with Crippen LogP contribution in [0, 0.1) is 11.6 Å². The minimum Gasteiger partial charge on any atom is -0.325 e. The van der Waals surface area contributed by atoms with E-state index in [2.05, 4.69) is 4.84 Å². The van der Waals surface area contributed by atoms with Crippen molar-refractivity contribution in [1.82, 2.24) is 5.06 Å². The number of hydroxylamine groups is 2. The van der Waals surface area contributed by atoms with Gasteiger partial charge in [0, 0.05) is 12.8 Å². The van der Waals surface area contributed by atoms with Crippen molar-refractivity contribution < 1.29 is 28.0 Å². The maximum atomic E-state index is 13.2. The lowest BCUT2D eigenvalue weighted by atomic mass is 10.2. The van der Waals surface area contributed by atoms with E-state index in [1.165, 1.54) is 0 Å². The number of hydrogen-bond acceptors (Lipinski definition) is 4. The molecule has 1 saturated heterocycles. The predicted octanol–water partition coefficient (Wildman–Crippen LogP) is 1.19. The van der Waals surface area contributed by atoms with Gasteiger partial charge in [0.1, 0.15) is 17.2 Å². The second-order valence-corrected chi connectivity index (χ2v) is 3.56. The topological polar surface area (TPSA) is 63.7 Å². The van der Waals surface area contributed by atoms with Gasteiger partial charge in [0.2, 0.25) is 0 Å². The Kier molecular flexibility index (Phi) is 3.05. The second-order valence-electron chi connectivity index (χ2n) is 3.56. The Morgan fingerprint density at radius 2 is 1.61 bits per heavy atom. The van der Waals surface area contributed by atoms with Gasteiger partial charge in [-0.1, -0.05) is 6.07 Å². The van der Waals surface area contributed by atoms with Crippen LogP contribution in [0.5, 0.6) is 0 Å². The summed E-state index contributed by atoms with van der Waals surface area (Å²) >= 11 is 0. The summed E-state index contributed by atoms with van der Waals surface area (Å²) < 4.78 is 26.5. The minimum atomic E-state index is -1.42. The van der Waals surface area contributed by atoms with Crippen LogP contribution in [0.25, 0.3) is 0 Å². The smallest absolute Gasteiger partial charge is 0.325 e. The lowest BCUT2D eigenvalue weighted by Crippen LogP contribution is -2.32. The zero-order valence-electron chi connectivity index (χ0n) is 8.98. The predicted molar refractivity (Wildman–Crippen MR) is 52.9 cm³/mol. The molecule has 1 aromatic carbocycles. The zero-order valence-corrected chi connectivity index (χ0v) is 8.98. The number of halogens is 2. The summed E-state index contributed by atoms with van der Waals surface area (Å²) in [4.78, 5) is 38.2. The molecule has 7 heteroatoms. The third-order valence-corrected chi connectivity index (χ3v) is 2.35. The Morgan fingerprint density at radius 1 is 1.11 bits per heavy atom. The summed E-state index contributed by atoms with van der Waals surface area (Å²) in [6.07, 6.45) is -0.183. The molecule has 1 aliphatic heterocycles. The van der Waals surface area contributed by atoms with Crippen LogP contribution in [0.15, 0.2) is 18.2 Å². The molecule has 5 nitrogen and oxygen atoms in total. The standard InChI is InChI=1S/C11H7F2NO4/c12-6-2-1-3-7(13)10(6)11(17)18-14-8(15)4-5-9(14)16/h1-3H,4-5H2. The molecule has 94 valence electrons. The molecule has 0 N–H and O–H groups in total. The molecule has 0 atom stereocenters. The largest absolute Gasteiger partial charge is 0.369 e. The molecule has 1 aliphatic rings. The number of carbonyl (C=O) groups excluding carboxylic acids is 3. The number of nitrogens with zero attached hydrogens (tertiary/aromatic N) is 1. The summed E-state index contributed by atoms with van der Waals surface area (Å²) in [5.74, 6) is -5.11. The van der Waals surface area contributed by atoms with Crippen LogP contribution in [-0.2, 0) is 14.4 Å². The lowest BCUT2D eigenvalue weighted by molar-refractivity contribution is -0.172. The van der Waals surface area contributed by atoms with Gasteiger partial charge >= 0.3 is 5.97 Å². The van der Waals surface area contributed by atoms with Gasteiger partial charge in [-0.25, -0.2) is 13.6 Å². The van der Waals surface area contributed by atoms with Crippen LogP contribution in [0.1, 0.15) is 23.2 Å². The Labute approximate surface area is 99.9 Å². The van der Waals surface area contributed by atoms with Gasteiger partial charge < -0.3 is 4.84 Å². The van der Waals surface area contributed by atoms with E-state index in [0.29, 0.717) is 0 Å². The number of hydrogen-bond donors (Lipinski definition) is 0. The van der Waals surface area contributed by atoms with Gasteiger partial charge in [0.15, 0.2) is 0 Å². The highest BCUT2D eigenvalue weighted by atomic mass is 19.1. The Hall–Kier alpha value is -2.31. The van der Waals surface area contributed by atoms with E-state index in [-0.39, 0.29) is 17.9 Å². The van der Waals surface area contributed by atoms with E-state index >= 15 is 0 Å². The highest BCUT2D eigenvalue weighted by Crippen LogP contribution is 2.17. The maximum Gasteiger partial charge on any atom is 0.369 e. The van der Waals surface area contributed by atoms with Crippen LogP contribution < -0.4 is 0 Å². The van der Waals surface area contributed by atoms with Gasteiger partial charge in [-0.15, -0.1) is 5.06 Å². The summed E-state index contributed by atoms with van der Waals surface area (Å²) in [6, 6.07) is 2.81. The zero-order chi connectivity index (χ0) is 13.3. The van der Waals surface area contributed by atoms with Crippen molar-refractivity contribution in [2.75, 3.05) is 0 Å². The molecule has 18 heavy (non-hydrogen) atoms. The molecular weight excluding hydrogens is 248 g/mol. The first-order valence-corrected chi connectivity index (χ1v) is 5.03. The van der Waals surface area contributed by atoms with Gasteiger partial charge in [-0.05, 0) is 12.1 Å². The summed E-state index contributed by atoms with van der Waals surface area (Å²) in [7, 11) is 0. The normalized spacial score (nSPS) is 15.1. The Balaban J connectivity index is 2.23. The third-order valence-electron chi connectivity index (χ3n) is 2.35. The van der Waals surface area contributed by atoms with Gasteiger partial charge in [0.05, 0.1) is 0 Å². The van der Waals surface area contributed by atoms with Crippen molar-refractivity contribution in [3.63, 3.8) is 0 Å². The molecule has 2 amide bonds. The van der Waals surface area contributed by atoms with Crippen molar-refractivity contribution in [1.29, 1.82) is 0 Å². The molecule has 0 aromatic heterocycles. The number of rotatable bonds is 2. The number of amides is 2. The van der Waals surface area contributed by atoms with Crippen molar-refractivity contribution in [3.8, 4) is 0 Å². The molecule has 0 aliphatic carbocycles. The number of benzene rings is 1. The SMILES string of the molecule is O=C(ON1C(=O)CCC1=O)c1c(F)cccc1F. The quantitative estimate of drug-likeness (QED) is 0.744. The van der Waals surface area contributed by atoms with Crippen LogP contribution in [0.4, 0.5) is 8.78 Å². The lowest BCUT2D eigenvalue weighted by Gasteiger charge is -2.12. The van der Waals surface area contributed by atoms with Crippen LogP contribution in [-0.4, -0.2) is 22.8 Å². The number of imide groups is 1. The Morgan fingerprint density at radius 3 is 2.11 bits per heavy atom. The third kappa shape index (κ3) is 2.06. The first-order valence-electron chi connectivity index (χ1n) is 5.03. The molecule has 1 aromatic rings. The fourth-order valence-electron chi connectivity index (χ4n) is 1.48. The summed E-state index contributed by atoms with van der Waals surface area (Å²) in [6.45, 7) is 0. The minimum absolute atomic E-state index is 0.0914. The summed E-state index contributed by atoms with van der Waals surface area (Å²) in [5, 5.41) is 0.230. The maximum absolute atomic E-state index is 13.2. The van der Waals surface area contributed by atoms with E-state index in [9.17, 15) is 23.2 Å². The van der Waals surface area contributed by atoms with E-state index in [4.69, 9.17) is 0 Å². The van der Waals surface area contributed by atoms with E-state index < -0.39 is 35.0 Å². The molecule has 0 bridgehead atoms. The van der Waals surface area contributed by atoms with Crippen molar-refractivity contribution in [2.45, 2.75) is 12.8 Å². The first kappa shape index (κ1) is 12.2. The van der Waals surface area contributed by atoms with Gasteiger partial charge in [0.25, 0.3) is 11.8 Å². The number of carbonyl (C=O) groups is 3. The fraction of sp³-hybridized carbons (Fsp3) is 0.182.